The highest BCUT2D eigenvalue weighted by Gasteiger charge is 2.39. The van der Waals surface area contributed by atoms with Gasteiger partial charge in [-0.3, -0.25) is 4.98 Å². The number of H-pyrrole nitrogens is 1. The third kappa shape index (κ3) is 3.91. The molecule has 29 heavy (non-hydrogen) atoms. The van der Waals surface area contributed by atoms with Crippen molar-refractivity contribution in [2.24, 2.45) is 0 Å². The fraction of sp³-hybridized carbons (Fsp3) is 0.240. The van der Waals surface area contributed by atoms with Crippen molar-refractivity contribution in [2.45, 2.75) is 38.3 Å². The van der Waals surface area contributed by atoms with Gasteiger partial charge < -0.3 is 9.41 Å². The van der Waals surface area contributed by atoms with Gasteiger partial charge >= 0.3 is 0 Å². The molecule has 2 heterocycles. The van der Waals surface area contributed by atoms with Gasteiger partial charge in [0.25, 0.3) is 0 Å². The topological polar surface area (TPSA) is 37.9 Å². The highest BCUT2D eigenvalue weighted by molar-refractivity contribution is 6.32. The molecule has 0 aliphatic heterocycles. The van der Waals surface area contributed by atoms with Gasteiger partial charge in [-0.15, -0.1) is 0 Å². The lowest BCUT2D eigenvalue weighted by molar-refractivity contribution is 0.156. The van der Waals surface area contributed by atoms with Crippen molar-refractivity contribution in [3.63, 3.8) is 0 Å². The molecule has 3 nitrogen and oxygen atoms in total. The fourth-order valence-electron chi connectivity index (χ4n) is 3.76. The summed E-state index contributed by atoms with van der Waals surface area (Å²) in [6.07, 6.45) is 1.98. The van der Waals surface area contributed by atoms with E-state index in [-0.39, 0.29) is 5.04 Å². The number of aryl methyl sites for hydroxylation is 1. The van der Waals surface area contributed by atoms with Crippen LogP contribution >= 0.6 is 0 Å². The van der Waals surface area contributed by atoms with Crippen molar-refractivity contribution in [1.29, 1.82) is 0 Å². The SMILES string of the molecule is Cc1cc2ncc(C(O[SiH2]C(C)(C)C)(c3ccccc3)c3ccccc3)cc2[nH]1. The molecule has 0 aliphatic rings. The maximum atomic E-state index is 6.99. The van der Waals surface area contributed by atoms with E-state index in [9.17, 15) is 0 Å². The molecule has 0 radical (unpaired) electrons. The number of nitrogens with zero attached hydrogens (tertiary/aromatic N) is 1. The van der Waals surface area contributed by atoms with Crippen LogP contribution in [0.1, 0.15) is 43.2 Å². The Hall–Kier alpha value is -2.69. The zero-order valence-corrected chi connectivity index (χ0v) is 19.0. The second kappa shape index (κ2) is 7.62. The van der Waals surface area contributed by atoms with Crippen molar-refractivity contribution < 1.29 is 4.43 Å². The van der Waals surface area contributed by atoms with Crippen LogP contribution in [-0.4, -0.2) is 19.7 Å². The molecule has 2 aromatic heterocycles. The zero-order valence-electron chi connectivity index (χ0n) is 17.6. The van der Waals surface area contributed by atoms with Gasteiger partial charge in [0.1, 0.15) is 5.60 Å². The molecule has 0 fully saturated rings. The number of pyridine rings is 1. The molecular formula is C25H28N2OSi. The highest BCUT2D eigenvalue weighted by atomic mass is 28.2. The van der Waals surface area contributed by atoms with Crippen LogP contribution in [0.15, 0.2) is 79.0 Å². The molecule has 148 valence electrons. The standard InChI is InChI=1S/C25H28N2OSi/c1-18-15-22-23(27-18)16-21(17-26-22)25(28-29-24(2,3)4,19-11-7-5-8-12-19)20-13-9-6-10-14-20/h5-17,27H,29H2,1-4H3. The van der Waals surface area contributed by atoms with E-state index in [0.29, 0.717) is 0 Å². The number of aromatic nitrogens is 2. The molecule has 4 aromatic rings. The smallest absolute Gasteiger partial charge is 0.169 e. The first-order chi connectivity index (χ1) is 13.9. The summed E-state index contributed by atoms with van der Waals surface area (Å²) >= 11 is 0. The predicted molar refractivity (Wildman–Crippen MR) is 123 cm³/mol. The van der Waals surface area contributed by atoms with E-state index in [1.165, 1.54) is 0 Å². The van der Waals surface area contributed by atoms with E-state index >= 15 is 0 Å². The molecule has 4 heteroatoms. The number of nitrogens with one attached hydrogen (secondary N) is 1. The number of aromatic amines is 1. The molecule has 0 aliphatic carbocycles. The minimum atomic E-state index is -0.870. The maximum Gasteiger partial charge on any atom is 0.169 e. The Kier molecular flexibility index (Phi) is 5.15. The summed E-state index contributed by atoms with van der Waals surface area (Å²) in [7, 11) is -0.870. The van der Waals surface area contributed by atoms with Crippen LogP contribution < -0.4 is 0 Å². The number of benzene rings is 2. The Labute approximate surface area is 175 Å². The Morgan fingerprint density at radius 3 is 1.97 bits per heavy atom. The van der Waals surface area contributed by atoms with Gasteiger partial charge in [-0.1, -0.05) is 81.4 Å². The van der Waals surface area contributed by atoms with Crippen molar-refractivity contribution in [3.05, 3.63) is 101 Å². The molecule has 0 amide bonds. The van der Waals surface area contributed by atoms with Gasteiger partial charge in [0.2, 0.25) is 0 Å². The monoisotopic (exact) mass is 400 g/mol. The summed E-state index contributed by atoms with van der Waals surface area (Å²) in [5, 5.41) is 0.162. The lowest BCUT2D eigenvalue weighted by Gasteiger charge is -2.38. The molecule has 0 atom stereocenters. The number of hydrogen-bond acceptors (Lipinski definition) is 2. The van der Waals surface area contributed by atoms with Gasteiger partial charge in [-0.25, -0.2) is 0 Å². The predicted octanol–water partition coefficient (Wildman–Crippen LogP) is 5.48. The molecule has 1 N–H and O–H groups in total. The summed E-state index contributed by atoms with van der Waals surface area (Å²) in [4.78, 5) is 8.21. The Balaban J connectivity index is 1.99. The summed E-state index contributed by atoms with van der Waals surface area (Å²) in [5.41, 5.74) is 5.77. The first kappa shape index (κ1) is 19.6. The fourth-order valence-corrected chi connectivity index (χ4v) is 4.91. The molecule has 0 saturated carbocycles. The molecular weight excluding hydrogens is 372 g/mol. The lowest BCUT2D eigenvalue weighted by atomic mass is 9.81. The summed E-state index contributed by atoms with van der Waals surface area (Å²) in [6, 6.07) is 25.4. The second-order valence-electron chi connectivity index (χ2n) is 8.87. The summed E-state index contributed by atoms with van der Waals surface area (Å²) < 4.78 is 6.99. The average Bonchev–Trinajstić information content (AvgIpc) is 3.09. The number of rotatable bonds is 5. The Morgan fingerprint density at radius 2 is 1.41 bits per heavy atom. The summed E-state index contributed by atoms with van der Waals surface area (Å²) in [5.74, 6) is 0. The largest absolute Gasteiger partial charge is 0.406 e. The van der Waals surface area contributed by atoms with Crippen LogP contribution in [0.4, 0.5) is 0 Å². The van der Waals surface area contributed by atoms with Gasteiger partial charge in [-0.05, 0) is 35.2 Å². The van der Waals surface area contributed by atoms with E-state index in [1.807, 2.05) is 6.20 Å². The van der Waals surface area contributed by atoms with Gasteiger partial charge in [0.05, 0.1) is 11.0 Å². The highest BCUT2D eigenvalue weighted by Crippen LogP contribution is 2.42. The number of hydrogen-bond donors (Lipinski definition) is 1. The van der Waals surface area contributed by atoms with Crippen LogP contribution in [0, 0.1) is 6.92 Å². The Morgan fingerprint density at radius 1 is 0.828 bits per heavy atom. The van der Waals surface area contributed by atoms with Crippen LogP contribution in [0.2, 0.25) is 5.04 Å². The second-order valence-corrected chi connectivity index (χ2v) is 11.6. The van der Waals surface area contributed by atoms with Crippen molar-refractivity contribution in [1.82, 2.24) is 9.97 Å². The van der Waals surface area contributed by atoms with Crippen molar-refractivity contribution in [3.8, 4) is 0 Å². The molecule has 4 rings (SSSR count). The normalized spacial score (nSPS) is 12.8. The minimum absolute atomic E-state index is 0.162. The Bertz CT molecular complexity index is 1060. The lowest BCUT2D eigenvalue weighted by Crippen LogP contribution is -2.36. The maximum absolute atomic E-state index is 6.99. The quantitative estimate of drug-likeness (QED) is 0.450. The van der Waals surface area contributed by atoms with Crippen LogP contribution in [0.3, 0.4) is 0 Å². The van der Waals surface area contributed by atoms with Crippen LogP contribution in [0.5, 0.6) is 0 Å². The van der Waals surface area contributed by atoms with Gasteiger partial charge in [-0.2, -0.15) is 0 Å². The van der Waals surface area contributed by atoms with E-state index in [4.69, 9.17) is 9.41 Å². The zero-order chi connectivity index (χ0) is 20.5. The first-order valence-electron chi connectivity index (χ1n) is 10.1. The molecule has 2 aromatic carbocycles. The van der Waals surface area contributed by atoms with Crippen molar-refractivity contribution in [2.75, 3.05) is 0 Å². The van der Waals surface area contributed by atoms with E-state index in [0.717, 1.165) is 33.4 Å². The average molecular weight is 401 g/mol. The molecule has 0 bridgehead atoms. The van der Waals surface area contributed by atoms with Crippen molar-refractivity contribution >= 4 is 20.8 Å². The first-order valence-corrected chi connectivity index (χ1v) is 11.4. The third-order valence-corrected chi connectivity index (χ3v) is 6.54. The van der Waals surface area contributed by atoms with Crippen LogP contribution in [0.25, 0.3) is 11.0 Å². The van der Waals surface area contributed by atoms with Crippen LogP contribution in [-0.2, 0) is 10.0 Å². The van der Waals surface area contributed by atoms with E-state index in [2.05, 4.69) is 105 Å². The van der Waals surface area contributed by atoms with E-state index < -0.39 is 15.4 Å². The van der Waals surface area contributed by atoms with Gasteiger partial charge in [0, 0.05) is 17.5 Å². The molecule has 0 unspecified atom stereocenters. The third-order valence-electron chi connectivity index (χ3n) is 5.09. The molecule has 0 saturated heterocycles. The van der Waals surface area contributed by atoms with Gasteiger partial charge in [0.15, 0.2) is 9.76 Å². The molecule has 0 spiro atoms. The minimum Gasteiger partial charge on any atom is -0.406 e. The van der Waals surface area contributed by atoms with E-state index in [1.54, 1.807) is 0 Å². The number of fused-ring (bicyclic) bond motifs is 1. The summed E-state index contributed by atoms with van der Waals surface area (Å²) in [6.45, 7) is 8.84.